The third kappa shape index (κ3) is 2.54. The number of aliphatic hydroxyl groups is 1. The molecule has 0 spiro atoms. The molecule has 17 heavy (non-hydrogen) atoms. The molecule has 0 aromatic carbocycles. The molecule has 0 radical (unpaired) electrons. The molecule has 2 saturated carbocycles. The van der Waals surface area contributed by atoms with Crippen molar-refractivity contribution < 1.29 is 5.11 Å². The van der Waals surface area contributed by atoms with Crippen LogP contribution in [0.5, 0.6) is 0 Å². The molecule has 100 valence electrons. The molecule has 1 heteroatoms. The first-order valence-electron chi connectivity index (χ1n) is 7.80. The van der Waals surface area contributed by atoms with Gasteiger partial charge in [0.05, 0.1) is 5.60 Å². The lowest BCUT2D eigenvalue weighted by Crippen LogP contribution is -2.50. The van der Waals surface area contributed by atoms with Gasteiger partial charge >= 0.3 is 0 Å². The molecular formula is C16H30O. The third-order valence-corrected chi connectivity index (χ3v) is 5.95. The van der Waals surface area contributed by atoms with Gasteiger partial charge in [-0.15, -0.1) is 0 Å². The van der Waals surface area contributed by atoms with Crippen molar-refractivity contribution >= 4 is 0 Å². The molecule has 2 aliphatic carbocycles. The minimum absolute atomic E-state index is 0.342. The van der Waals surface area contributed by atoms with E-state index in [-0.39, 0.29) is 5.60 Å². The van der Waals surface area contributed by atoms with Crippen LogP contribution in [0.25, 0.3) is 0 Å². The van der Waals surface area contributed by atoms with Gasteiger partial charge in [0.2, 0.25) is 0 Å². The standard InChI is InChI=1S/C16H30O/c1-4-14-8-5-9-15(11-14)16(17)10-6-7-12(2)13(16)3/h12-15,17H,4-11H2,1-3H3. The summed E-state index contributed by atoms with van der Waals surface area (Å²) >= 11 is 0. The zero-order chi connectivity index (χ0) is 12.5. The van der Waals surface area contributed by atoms with Gasteiger partial charge in [-0.25, -0.2) is 0 Å². The van der Waals surface area contributed by atoms with E-state index in [0.29, 0.717) is 17.8 Å². The average Bonchev–Trinajstić information content (AvgIpc) is 2.36. The van der Waals surface area contributed by atoms with Crippen LogP contribution in [0.15, 0.2) is 0 Å². The average molecular weight is 238 g/mol. The Balaban J connectivity index is 2.08. The van der Waals surface area contributed by atoms with Crippen molar-refractivity contribution in [1.82, 2.24) is 0 Å². The minimum Gasteiger partial charge on any atom is -0.389 e. The van der Waals surface area contributed by atoms with Gasteiger partial charge in [-0.3, -0.25) is 0 Å². The molecule has 0 aromatic heterocycles. The fourth-order valence-electron chi connectivity index (χ4n) is 4.37. The van der Waals surface area contributed by atoms with Gasteiger partial charge in [0, 0.05) is 0 Å². The van der Waals surface area contributed by atoms with Gasteiger partial charge in [0.15, 0.2) is 0 Å². The Hall–Kier alpha value is -0.0400. The second-order valence-corrected chi connectivity index (χ2v) is 6.79. The molecular weight excluding hydrogens is 208 g/mol. The van der Waals surface area contributed by atoms with Crippen molar-refractivity contribution in [1.29, 1.82) is 0 Å². The lowest BCUT2D eigenvalue weighted by atomic mass is 9.60. The Labute approximate surface area is 107 Å². The van der Waals surface area contributed by atoms with Crippen molar-refractivity contribution in [3.63, 3.8) is 0 Å². The molecule has 0 saturated heterocycles. The van der Waals surface area contributed by atoms with Crippen LogP contribution < -0.4 is 0 Å². The maximum absolute atomic E-state index is 11.1. The molecule has 0 amide bonds. The zero-order valence-electron chi connectivity index (χ0n) is 11.9. The third-order valence-electron chi connectivity index (χ3n) is 5.95. The normalized spacial score (nSPS) is 48.0. The van der Waals surface area contributed by atoms with Gasteiger partial charge in [-0.2, -0.15) is 0 Å². The van der Waals surface area contributed by atoms with Gasteiger partial charge in [0.1, 0.15) is 0 Å². The molecule has 0 aromatic rings. The van der Waals surface area contributed by atoms with Crippen molar-refractivity contribution in [3.05, 3.63) is 0 Å². The predicted molar refractivity (Wildman–Crippen MR) is 72.9 cm³/mol. The van der Waals surface area contributed by atoms with Gasteiger partial charge in [-0.1, -0.05) is 52.9 Å². The maximum Gasteiger partial charge on any atom is 0.0703 e. The van der Waals surface area contributed by atoms with E-state index in [0.717, 1.165) is 12.3 Å². The molecule has 2 rings (SSSR count). The van der Waals surface area contributed by atoms with Gasteiger partial charge in [0.25, 0.3) is 0 Å². The number of hydrogen-bond donors (Lipinski definition) is 1. The number of hydrogen-bond acceptors (Lipinski definition) is 1. The topological polar surface area (TPSA) is 20.2 Å². The van der Waals surface area contributed by atoms with E-state index in [2.05, 4.69) is 20.8 Å². The van der Waals surface area contributed by atoms with Crippen LogP contribution in [0.4, 0.5) is 0 Å². The van der Waals surface area contributed by atoms with Crippen LogP contribution >= 0.6 is 0 Å². The van der Waals surface area contributed by atoms with E-state index in [4.69, 9.17) is 0 Å². The van der Waals surface area contributed by atoms with Crippen LogP contribution in [0.1, 0.15) is 72.1 Å². The van der Waals surface area contributed by atoms with Crippen molar-refractivity contribution in [2.45, 2.75) is 77.7 Å². The molecule has 0 heterocycles. The Bertz CT molecular complexity index is 250. The van der Waals surface area contributed by atoms with E-state index in [1.807, 2.05) is 0 Å². The van der Waals surface area contributed by atoms with Gasteiger partial charge in [-0.05, 0) is 42.9 Å². The Morgan fingerprint density at radius 3 is 2.59 bits per heavy atom. The summed E-state index contributed by atoms with van der Waals surface area (Å²) in [6.45, 7) is 6.93. The summed E-state index contributed by atoms with van der Waals surface area (Å²) in [5, 5.41) is 11.1. The second-order valence-electron chi connectivity index (χ2n) is 6.79. The van der Waals surface area contributed by atoms with Crippen LogP contribution in [0.3, 0.4) is 0 Å². The van der Waals surface area contributed by atoms with Crippen molar-refractivity contribution in [2.75, 3.05) is 0 Å². The highest BCUT2D eigenvalue weighted by atomic mass is 16.3. The van der Waals surface area contributed by atoms with Crippen LogP contribution in [0.2, 0.25) is 0 Å². The smallest absolute Gasteiger partial charge is 0.0703 e. The van der Waals surface area contributed by atoms with E-state index in [1.165, 1.54) is 44.9 Å². The first-order valence-corrected chi connectivity index (χ1v) is 7.80. The molecule has 0 aliphatic heterocycles. The lowest BCUT2D eigenvalue weighted by molar-refractivity contribution is -0.120. The molecule has 1 N–H and O–H groups in total. The van der Waals surface area contributed by atoms with Crippen LogP contribution in [0, 0.1) is 23.7 Å². The highest BCUT2D eigenvalue weighted by molar-refractivity contribution is 4.97. The minimum atomic E-state index is -0.342. The summed E-state index contributed by atoms with van der Waals surface area (Å²) in [6, 6.07) is 0. The number of rotatable bonds is 2. The van der Waals surface area contributed by atoms with E-state index < -0.39 is 0 Å². The summed E-state index contributed by atoms with van der Waals surface area (Å²) in [5.41, 5.74) is -0.342. The molecule has 5 atom stereocenters. The molecule has 1 nitrogen and oxygen atoms in total. The highest BCUT2D eigenvalue weighted by Crippen LogP contribution is 2.48. The molecule has 2 fully saturated rings. The highest BCUT2D eigenvalue weighted by Gasteiger charge is 2.46. The van der Waals surface area contributed by atoms with Gasteiger partial charge < -0.3 is 5.11 Å². The van der Waals surface area contributed by atoms with Crippen LogP contribution in [-0.4, -0.2) is 10.7 Å². The molecule has 0 bridgehead atoms. The predicted octanol–water partition coefficient (Wildman–Crippen LogP) is 4.39. The summed E-state index contributed by atoms with van der Waals surface area (Å²) in [7, 11) is 0. The van der Waals surface area contributed by atoms with E-state index >= 15 is 0 Å². The quantitative estimate of drug-likeness (QED) is 0.756. The summed E-state index contributed by atoms with van der Waals surface area (Å²) < 4.78 is 0. The molecule has 2 aliphatic rings. The lowest BCUT2D eigenvalue weighted by Gasteiger charge is -2.49. The van der Waals surface area contributed by atoms with Crippen molar-refractivity contribution in [2.24, 2.45) is 23.7 Å². The Morgan fingerprint density at radius 2 is 1.88 bits per heavy atom. The van der Waals surface area contributed by atoms with Crippen LogP contribution in [-0.2, 0) is 0 Å². The largest absolute Gasteiger partial charge is 0.389 e. The molecule has 5 unspecified atom stereocenters. The monoisotopic (exact) mass is 238 g/mol. The fraction of sp³-hybridized carbons (Fsp3) is 1.00. The SMILES string of the molecule is CCC1CCCC(C2(O)CCCC(C)C2C)C1. The van der Waals surface area contributed by atoms with E-state index in [9.17, 15) is 5.11 Å². The second kappa shape index (κ2) is 5.30. The Morgan fingerprint density at radius 1 is 1.12 bits per heavy atom. The Kier molecular flexibility index (Phi) is 4.18. The summed E-state index contributed by atoms with van der Waals surface area (Å²) in [4.78, 5) is 0. The maximum atomic E-state index is 11.1. The first-order chi connectivity index (χ1) is 8.08. The summed E-state index contributed by atoms with van der Waals surface area (Å²) in [6.07, 6.45) is 10.2. The fourth-order valence-corrected chi connectivity index (χ4v) is 4.37. The summed E-state index contributed by atoms with van der Waals surface area (Å²) in [5.74, 6) is 2.66. The van der Waals surface area contributed by atoms with Crippen molar-refractivity contribution in [3.8, 4) is 0 Å². The van der Waals surface area contributed by atoms with E-state index in [1.54, 1.807) is 0 Å². The first kappa shape index (κ1) is 13.4. The zero-order valence-corrected chi connectivity index (χ0v) is 11.9.